The number of rotatable bonds is 16. The Balaban J connectivity index is 2.42. The van der Waals surface area contributed by atoms with Gasteiger partial charge in [0.25, 0.3) is 5.56 Å². The van der Waals surface area contributed by atoms with Crippen molar-refractivity contribution in [3.8, 4) is 0 Å². The van der Waals surface area contributed by atoms with Crippen LogP contribution in [0.2, 0.25) is 18.1 Å². The van der Waals surface area contributed by atoms with E-state index >= 15 is 0 Å². The largest absolute Gasteiger partial charge is 0.403 e. The Morgan fingerprint density at radius 2 is 1.78 bits per heavy atom. The average Bonchev–Trinajstić information content (AvgIpc) is 3.25. The SMILES string of the molecule is CCOP(=O)(OCC)C(CC1C[C@@H](OCCO)[C@H](n2cc(C)c(=O)[nH]c2=O)O1)O[Si](CC)(CC)CC. The first kappa shape index (κ1) is 31.1. The van der Waals surface area contributed by atoms with E-state index in [1.165, 1.54) is 10.8 Å². The third-order valence-corrected chi connectivity index (χ3v) is 13.8. The molecule has 1 aliphatic heterocycles. The predicted octanol–water partition coefficient (Wildman–Crippen LogP) is 3.51. The Kier molecular flexibility index (Phi) is 12.2. The summed E-state index contributed by atoms with van der Waals surface area (Å²) in [7, 11) is -5.85. The minimum atomic E-state index is -3.64. The van der Waals surface area contributed by atoms with Crippen molar-refractivity contribution in [2.75, 3.05) is 26.4 Å². The highest BCUT2D eigenvalue weighted by Crippen LogP contribution is 2.57. The summed E-state index contributed by atoms with van der Waals surface area (Å²) in [4.78, 5) is 26.7. The van der Waals surface area contributed by atoms with Crippen LogP contribution in [0.1, 0.15) is 59.3 Å². The zero-order valence-corrected chi connectivity index (χ0v) is 24.3. The van der Waals surface area contributed by atoms with Gasteiger partial charge < -0.3 is 28.1 Å². The van der Waals surface area contributed by atoms with Crippen LogP contribution in [0.25, 0.3) is 0 Å². The fraction of sp³-hybridized carbons (Fsp3) is 0.826. The first-order valence-electron chi connectivity index (χ1n) is 12.9. The van der Waals surface area contributed by atoms with Gasteiger partial charge >= 0.3 is 13.3 Å². The molecule has 4 atom stereocenters. The molecular weight excluding hydrogens is 507 g/mol. The van der Waals surface area contributed by atoms with Crippen LogP contribution in [0.15, 0.2) is 15.8 Å². The second-order valence-electron chi connectivity index (χ2n) is 8.92. The molecule has 36 heavy (non-hydrogen) atoms. The summed E-state index contributed by atoms with van der Waals surface area (Å²) in [6.45, 7) is 11.7. The molecule has 208 valence electrons. The number of H-pyrrole nitrogens is 1. The molecule has 1 saturated heterocycles. The number of nitrogens with zero attached hydrogens (tertiary/aromatic N) is 1. The number of nitrogens with one attached hydrogen (secondary N) is 1. The number of aromatic amines is 1. The molecule has 2 heterocycles. The molecule has 2 rings (SSSR count). The van der Waals surface area contributed by atoms with Crippen molar-refractivity contribution in [1.29, 1.82) is 0 Å². The van der Waals surface area contributed by atoms with Gasteiger partial charge in [-0.1, -0.05) is 20.8 Å². The molecule has 1 aromatic heterocycles. The Labute approximate surface area is 214 Å². The number of aliphatic hydroxyl groups excluding tert-OH is 1. The van der Waals surface area contributed by atoms with Crippen molar-refractivity contribution in [2.24, 2.45) is 0 Å². The second-order valence-corrected chi connectivity index (χ2v) is 15.8. The molecule has 0 aliphatic carbocycles. The standard InChI is InChI=1S/C23H43N2O9PSi/c1-7-31-35(29,32-8-2)20(34-36(9-3,10-4)11-5)15-18-14-19(30-13-12-26)22(33-18)25-16-17(6)21(27)24-23(25)28/h16,18-20,22,26H,7-15H2,1-6H3,(H,24,27,28)/t18?,19-,20?,22-/m1/s1. The van der Waals surface area contributed by atoms with E-state index in [0.29, 0.717) is 12.0 Å². The van der Waals surface area contributed by atoms with E-state index in [1.807, 2.05) is 0 Å². The van der Waals surface area contributed by atoms with Gasteiger partial charge in [0, 0.05) is 24.6 Å². The lowest BCUT2D eigenvalue weighted by Crippen LogP contribution is -2.41. The molecule has 11 nitrogen and oxygen atoms in total. The minimum Gasteiger partial charge on any atom is -0.403 e. The summed E-state index contributed by atoms with van der Waals surface area (Å²) in [5, 5.41) is 9.30. The number of hydrogen-bond acceptors (Lipinski definition) is 9. The second kappa shape index (κ2) is 14.2. The summed E-state index contributed by atoms with van der Waals surface area (Å²) in [5.41, 5.74) is -0.739. The van der Waals surface area contributed by atoms with E-state index in [1.54, 1.807) is 20.8 Å². The van der Waals surface area contributed by atoms with Gasteiger partial charge in [-0.05, 0) is 38.9 Å². The van der Waals surface area contributed by atoms with Gasteiger partial charge in [0.2, 0.25) is 0 Å². The maximum absolute atomic E-state index is 13.9. The van der Waals surface area contributed by atoms with Crippen LogP contribution in [0, 0.1) is 6.92 Å². The Morgan fingerprint density at radius 1 is 1.17 bits per heavy atom. The van der Waals surface area contributed by atoms with E-state index in [-0.39, 0.29) is 32.8 Å². The van der Waals surface area contributed by atoms with Gasteiger partial charge in [-0.25, -0.2) is 4.79 Å². The zero-order valence-electron chi connectivity index (χ0n) is 22.4. The molecule has 0 saturated carbocycles. The minimum absolute atomic E-state index is 0.0577. The molecule has 0 amide bonds. The lowest BCUT2D eigenvalue weighted by Gasteiger charge is -2.36. The third kappa shape index (κ3) is 7.47. The van der Waals surface area contributed by atoms with Gasteiger partial charge in [0.1, 0.15) is 11.9 Å². The number of ether oxygens (including phenoxy) is 2. The molecule has 0 radical (unpaired) electrons. The molecular formula is C23H43N2O9PSi. The maximum Gasteiger partial charge on any atom is 0.358 e. The van der Waals surface area contributed by atoms with Crippen molar-refractivity contribution in [3.63, 3.8) is 0 Å². The van der Waals surface area contributed by atoms with Crippen molar-refractivity contribution < 1.29 is 32.6 Å². The summed E-state index contributed by atoms with van der Waals surface area (Å²) in [6, 6.07) is 2.57. The molecule has 13 heteroatoms. The Hall–Kier alpha value is -1.11. The van der Waals surface area contributed by atoms with Crippen molar-refractivity contribution in [3.05, 3.63) is 32.6 Å². The topological polar surface area (TPSA) is 138 Å². The molecule has 1 aromatic rings. The first-order valence-corrected chi connectivity index (χ1v) is 17.0. The first-order chi connectivity index (χ1) is 17.1. The Morgan fingerprint density at radius 3 is 2.31 bits per heavy atom. The van der Waals surface area contributed by atoms with E-state index in [4.69, 9.17) is 22.9 Å². The number of aryl methyl sites for hydroxylation is 1. The highest BCUT2D eigenvalue weighted by molar-refractivity contribution is 7.54. The molecule has 2 N–H and O–H groups in total. The predicted molar refractivity (Wildman–Crippen MR) is 139 cm³/mol. The summed E-state index contributed by atoms with van der Waals surface area (Å²) < 4.78 is 45.3. The number of aliphatic hydroxyl groups is 1. The van der Waals surface area contributed by atoms with Gasteiger partial charge in [0.15, 0.2) is 14.5 Å². The summed E-state index contributed by atoms with van der Waals surface area (Å²) in [5.74, 6) is -0.833. The smallest absolute Gasteiger partial charge is 0.358 e. The van der Waals surface area contributed by atoms with E-state index in [0.717, 1.165) is 18.1 Å². The lowest BCUT2D eigenvalue weighted by atomic mass is 10.1. The van der Waals surface area contributed by atoms with Gasteiger partial charge in [-0.2, -0.15) is 0 Å². The van der Waals surface area contributed by atoms with Crippen molar-refractivity contribution in [1.82, 2.24) is 9.55 Å². The fourth-order valence-corrected chi connectivity index (χ4v) is 10.0. The highest BCUT2D eigenvalue weighted by atomic mass is 31.2. The van der Waals surface area contributed by atoms with E-state index in [9.17, 15) is 19.3 Å². The number of hydrogen-bond donors (Lipinski definition) is 2. The molecule has 1 aliphatic rings. The van der Waals surface area contributed by atoms with Gasteiger partial charge in [0.05, 0.1) is 32.5 Å². The molecule has 1 fully saturated rings. The van der Waals surface area contributed by atoms with Crippen LogP contribution < -0.4 is 11.2 Å². The zero-order chi connectivity index (χ0) is 26.9. The Bertz CT molecular complexity index is 963. The molecule has 0 spiro atoms. The van der Waals surface area contributed by atoms with Crippen LogP contribution in [-0.4, -0.2) is 67.5 Å². The van der Waals surface area contributed by atoms with Gasteiger partial charge in [-0.15, -0.1) is 0 Å². The van der Waals surface area contributed by atoms with Crippen LogP contribution >= 0.6 is 7.60 Å². The number of aromatic nitrogens is 2. The van der Waals surface area contributed by atoms with E-state index in [2.05, 4.69) is 25.8 Å². The van der Waals surface area contributed by atoms with Crippen LogP contribution in [0.4, 0.5) is 0 Å². The lowest BCUT2D eigenvalue weighted by molar-refractivity contribution is -0.0739. The van der Waals surface area contributed by atoms with Crippen LogP contribution in [-0.2, 0) is 27.5 Å². The third-order valence-electron chi connectivity index (χ3n) is 6.74. The summed E-state index contributed by atoms with van der Waals surface area (Å²) >= 11 is 0. The van der Waals surface area contributed by atoms with Gasteiger partial charge in [-0.3, -0.25) is 18.9 Å². The van der Waals surface area contributed by atoms with Crippen LogP contribution in [0.5, 0.6) is 0 Å². The summed E-state index contributed by atoms with van der Waals surface area (Å²) in [6.07, 6.45) is 0.121. The monoisotopic (exact) mass is 550 g/mol. The molecule has 0 aromatic carbocycles. The highest BCUT2D eigenvalue weighted by Gasteiger charge is 2.47. The normalized spacial score (nSPS) is 21.7. The molecule has 2 unspecified atom stereocenters. The van der Waals surface area contributed by atoms with Crippen molar-refractivity contribution in [2.45, 2.75) is 96.8 Å². The van der Waals surface area contributed by atoms with Crippen molar-refractivity contribution >= 4 is 15.9 Å². The van der Waals surface area contributed by atoms with Crippen LogP contribution in [0.3, 0.4) is 0 Å². The maximum atomic E-state index is 13.9. The van der Waals surface area contributed by atoms with E-state index < -0.39 is 51.4 Å². The average molecular weight is 551 g/mol. The quantitative estimate of drug-likeness (QED) is 0.234. The fourth-order valence-electron chi connectivity index (χ4n) is 4.56. The molecule has 0 bridgehead atoms.